The van der Waals surface area contributed by atoms with E-state index in [1.807, 2.05) is 0 Å². The van der Waals surface area contributed by atoms with Gasteiger partial charge in [0.05, 0.1) is 11.0 Å². The highest BCUT2D eigenvalue weighted by molar-refractivity contribution is 6.35. The molecule has 0 bridgehead atoms. The zero-order valence-electron chi connectivity index (χ0n) is 10.6. The van der Waals surface area contributed by atoms with E-state index in [2.05, 4.69) is 5.32 Å². The molecule has 0 unspecified atom stereocenters. The van der Waals surface area contributed by atoms with E-state index in [9.17, 15) is 23.7 Å². The molecule has 0 atom stereocenters. The van der Waals surface area contributed by atoms with Gasteiger partial charge in [0.2, 0.25) is 0 Å². The van der Waals surface area contributed by atoms with Crippen LogP contribution in [0.3, 0.4) is 0 Å². The highest BCUT2D eigenvalue weighted by atomic mass is 35.5. The number of nitrogens with zero attached hydrogens (tertiary/aromatic N) is 1. The predicted molar refractivity (Wildman–Crippen MR) is 77.4 cm³/mol. The molecule has 0 fully saturated rings. The molecule has 114 valence electrons. The molecule has 1 amide bonds. The van der Waals surface area contributed by atoms with Crippen molar-refractivity contribution in [2.45, 2.75) is 0 Å². The Morgan fingerprint density at radius 2 is 1.59 bits per heavy atom. The topological polar surface area (TPSA) is 72.2 Å². The molecule has 0 aromatic heterocycles. The second-order valence-corrected chi connectivity index (χ2v) is 5.03. The Morgan fingerprint density at radius 1 is 1.05 bits per heavy atom. The third kappa shape index (κ3) is 3.49. The molecule has 0 aliphatic rings. The fourth-order valence-corrected chi connectivity index (χ4v) is 2.22. The van der Waals surface area contributed by atoms with E-state index in [-0.39, 0.29) is 15.7 Å². The maximum Gasteiger partial charge on any atom is 0.285 e. The summed E-state index contributed by atoms with van der Waals surface area (Å²) in [5, 5.41) is 13.6. The summed E-state index contributed by atoms with van der Waals surface area (Å²) in [7, 11) is 0. The second kappa shape index (κ2) is 6.25. The molecule has 0 aliphatic carbocycles. The number of benzene rings is 2. The van der Waals surface area contributed by atoms with Gasteiger partial charge in [-0.3, -0.25) is 14.9 Å². The summed E-state index contributed by atoms with van der Waals surface area (Å²) in [5.41, 5.74) is -1.33. The molecule has 2 aromatic carbocycles. The number of nitrogens with one attached hydrogen (secondary N) is 1. The number of hydrogen-bond donors (Lipinski definition) is 1. The molecule has 0 radical (unpaired) electrons. The summed E-state index contributed by atoms with van der Waals surface area (Å²) in [6, 6.07) is 4.90. The van der Waals surface area contributed by atoms with Crippen molar-refractivity contribution in [3.63, 3.8) is 0 Å². The quantitative estimate of drug-likeness (QED) is 0.659. The molecule has 0 heterocycles. The van der Waals surface area contributed by atoms with Crippen molar-refractivity contribution in [1.29, 1.82) is 0 Å². The Labute approximate surface area is 132 Å². The molecule has 22 heavy (non-hydrogen) atoms. The van der Waals surface area contributed by atoms with Crippen molar-refractivity contribution in [3.8, 4) is 0 Å². The van der Waals surface area contributed by atoms with Crippen LogP contribution in [-0.4, -0.2) is 10.8 Å². The van der Waals surface area contributed by atoms with Crippen LogP contribution in [0, 0.1) is 21.7 Å². The van der Waals surface area contributed by atoms with Crippen LogP contribution >= 0.6 is 23.2 Å². The van der Waals surface area contributed by atoms with Crippen molar-refractivity contribution in [1.82, 2.24) is 0 Å². The fourth-order valence-electron chi connectivity index (χ4n) is 1.69. The number of halogens is 4. The average Bonchev–Trinajstić information content (AvgIpc) is 2.39. The lowest BCUT2D eigenvalue weighted by Gasteiger charge is -2.07. The monoisotopic (exact) mass is 346 g/mol. The molecule has 9 heteroatoms. The van der Waals surface area contributed by atoms with Crippen molar-refractivity contribution in [2.24, 2.45) is 0 Å². The summed E-state index contributed by atoms with van der Waals surface area (Å²) in [6.45, 7) is 0. The van der Waals surface area contributed by atoms with Crippen molar-refractivity contribution < 1.29 is 18.5 Å². The SMILES string of the molecule is O=C(Nc1cc(Cl)cc(Cl)c1)c1cc(F)c(F)cc1[N+](=O)[O-]. The van der Waals surface area contributed by atoms with Crippen molar-refractivity contribution >= 4 is 40.5 Å². The van der Waals surface area contributed by atoms with Crippen molar-refractivity contribution in [3.05, 3.63) is 67.7 Å². The van der Waals surface area contributed by atoms with Crippen LogP contribution in [-0.2, 0) is 0 Å². The zero-order valence-corrected chi connectivity index (χ0v) is 12.1. The van der Waals surface area contributed by atoms with Gasteiger partial charge in [-0.15, -0.1) is 0 Å². The zero-order chi connectivity index (χ0) is 16.4. The van der Waals surface area contributed by atoms with Gasteiger partial charge in [0.15, 0.2) is 11.6 Å². The number of carbonyl (C=O) groups is 1. The largest absolute Gasteiger partial charge is 0.322 e. The Balaban J connectivity index is 2.41. The number of amides is 1. The molecule has 2 rings (SSSR count). The van der Waals surface area contributed by atoms with Crippen LogP contribution in [0.2, 0.25) is 10.0 Å². The van der Waals surface area contributed by atoms with Crippen LogP contribution in [0.25, 0.3) is 0 Å². The van der Waals surface area contributed by atoms with Crippen molar-refractivity contribution in [2.75, 3.05) is 5.32 Å². The van der Waals surface area contributed by atoms with Gasteiger partial charge >= 0.3 is 0 Å². The van der Waals surface area contributed by atoms with Crippen LogP contribution < -0.4 is 5.32 Å². The highest BCUT2D eigenvalue weighted by Crippen LogP contribution is 2.26. The Bertz CT molecular complexity index is 764. The van der Waals surface area contributed by atoms with E-state index in [1.165, 1.54) is 18.2 Å². The second-order valence-electron chi connectivity index (χ2n) is 4.15. The summed E-state index contributed by atoms with van der Waals surface area (Å²) >= 11 is 11.5. The van der Waals surface area contributed by atoms with Gasteiger partial charge in [0.1, 0.15) is 5.56 Å². The van der Waals surface area contributed by atoms with Gasteiger partial charge in [-0.05, 0) is 24.3 Å². The molecule has 0 aliphatic heterocycles. The molecule has 2 aromatic rings. The number of nitro benzene ring substituents is 1. The summed E-state index contributed by atoms with van der Waals surface area (Å²) < 4.78 is 26.3. The van der Waals surface area contributed by atoms with Gasteiger partial charge in [-0.25, -0.2) is 8.78 Å². The lowest BCUT2D eigenvalue weighted by atomic mass is 10.1. The lowest BCUT2D eigenvalue weighted by Crippen LogP contribution is -2.15. The van der Waals surface area contributed by atoms with Crippen LogP contribution in [0.5, 0.6) is 0 Å². The van der Waals surface area contributed by atoms with Gasteiger partial charge in [-0.2, -0.15) is 0 Å². The fraction of sp³-hybridized carbons (Fsp3) is 0. The van der Waals surface area contributed by atoms with E-state index in [0.29, 0.717) is 12.1 Å². The summed E-state index contributed by atoms with van der Waals surface area (Å²) in [4.78, 5) is 21.9. The third-order valence-electron chi connectivity index (χ3n) is 2.60. The lowest BCUT2D eigenvalue weighted by molar-refractivity contribution is -0.385. The first-order valence-corrected chi connectivity index (χ1v) is 6.44. The first-order valence-electron chi connectivity index (χ1n) is 5.69. The molecule has 0 spiro atoms. The Morgan fingerprint density at radius 3 is 2.14 bits per heavy atom. The van der Waals surface area contributed by atoms with Crippen LogP contribution in [0.4, 0.5) is 20.2 Å². The summed E-state index contributed by atoms with van der Waals surface area (Å²) in [6.07, 6.45) is 0. The number of carbonyl (C=O) groups excluding carboxylic acids is 1. The maximum absolute atomic E-state index is 13.2. The minimum absolute atomic E-state index is 0.154. The van der Waals surface area contributed by atoms with Gasteiger partial charge in [-0.1, -0.05) is 23.2 Å². The molecular formula is C13H6Cl2F2N2O3. The van der Waals surface area contributed by atoms with Crippen LogP contribution in [0.15, 0.2) is 30.3 Å². The van der Waals surface area contributed by atoms with Crippen LogP contribution in [0.1, 0.15) is 10.4 Å². The first-order chi connectivity index (χ1) is 10.3. The smallest absolute Gasteiger partial charge is 0.285 e. The minimum atomic E-state index is -1.42. The standard InChI is InChI=1S/C13H6Cl2F2N2O3/c14-6-1-7(15)3-8(2-6)18-13(20)9-4-10(16)11(17)5-12(9)19(21)22/h1-5H,(H,18,20). The third-order valence-corrected chi connectivity index (χ3v) is 3.04. The Hall–Kier alpha value is -2.25. The number of hydrogen-bond acceptors (Lipinski definition) is 3. The predicted octanol–water partition coefficient (Wildman–Crippen LogP) is 4.43. The molecule has 0 saturated heterocycles. The molecular weight excluding hydrogens is 341 g/mol. The normalized spacial score (nSPS) is 10.4. The first kappa shape index (κ1) is 16.1. The van der Waals surface area contributed by atoms with E-state index < -0.39 is 33.7 Å². The minimum Gasteiger partial charge on any atom is -0.322 e. The summed E-state index contributed by atoms with van der Waals surface area (Å²) in [5.74, 6) is -3.79. The Kier molecular flexibility index (Phi) is 4.58. The van der Waals surface area contributed by atoms with E-state index in [0.717, 1.165) is 0 Å². The van der Waals surface area contributed by atoms with E-state index >= 15 is 0 Å². The average molecular weight is 347 g/mol. The molecule has 0 saturated carbocycles. The number of anilines is 1. The highest BCUT2D eigenvalue weighted by Gasteiger charge is 2.24. The van der Waals surface area contributed by atoms with E-state index in [4.69, 9.17) is 23.2 Å². The van der Waals surface area contributed by atoms with E-state index in [1.54, 1.807) is 0 Å². The van der Waals surface area contributed by atoms with Gasteiger partial charge < -0.3 is 5.32 Å². The number of nitro groups is 1. The number of rotatable bonds is 3. The van der Waals surface area contributed by atoms with Gasteiger partial charge in [0, 0.05) is 15.7 Å². The van der Waals surface area contributed by atoms with Gasteiger partial charge in [0.25, 0.3) is 11.6 Å². The molecule has 5 nitrogen and oxygen atoms in total. The molecule has 1 N–H and O–H groups in total. The maximum atomic E-state index is 13.2.